The Labute approximate surface area is 292 Å². The lowest BCUT2D eigenvalue weighted by atomic mass is 10.00. The van der Waals surface area contributed by atoms with E-state index in [-0.39, 0.29) is 0 Å². The molecular weight excluding hydrogens is 627 g/mol. The van der Waals surface area contributed by atoms with Crippen LogP contribution in [0.25, 0.3) is 82.1 Å². The summed E-state index contributed by atoms with van der Waals surface area (Å²) in [4.78, 5) is 9.20. The first-order valence-corrected chi connectivity index (χ1v) is 17.2. The van der Waals surface area contributed by atoms with Crippen LogP contribution in [0.2, 0.25) is 0 Å². The molecule has 0 saturated carbocycles. The van der Waals surface area contributed by atoms with Gasteiger partial charge in [-0.1, -0.05) is 103 Å². The third kappa shape index (κ3) is 4.61. The van der Waals surface area contributed by atoms with Crippen molar-refractivity contribution in [3.8, 4) is 11.1 Å². The third-order valence-corrected chi connectivity index (χ3v) is 9.98. The number of hydrogen-bond donors (Lipinski definition) is 1. The molecule has 1 N–H and O–H groups in total. The van der Waals surface area contributed by atoms with Gasteiger partial charge in [-0.25, -0.2) is 4.98 Å². The Kier molecular flexibility index (Phi) is 6.67. The molecule has 4 heterocycles. The lowest BCUT2D eigenvalue weighted by Crippen LogP contribution is -2.08. The lowest BCUT2D eigenvalue weighted by molar-refractivity contribution is 0.605. The molecule has 0 unspecified atom stereocenters. The molecule has 0 atom stereocenters. The van der Waals surface area contributed by atoms with Crippen LogP contribution in [0.1, 0.15) is 12.0 Å². The zero-order valence-corrected chi connectivity index (χ0v) is 27.6. The molecule has 10 rings (SSSR count). The Balaban J connectivity index is 0.868. The summed E-state index contributed by atoms with van der Waals surface area (Å²) in [6, 6.07) is 42.5. The van der Waals surface area contributed by atoms with Crippen molar-refractivity contribution in [2.75, 3.05) is 6.54 Å². The molecule has 0 amide bonds. The minimum Gasteiger partial charge on any atom is -0.443 e. The maximum Gasteiger partial charge on any atom is 0.182 e. The van der Waals surface area contributed by atoms with Gasteiger partial charge in [0.15, 0.2) is 12.0 Å². The maximum absolute atomic E-state index is 8.83. The molecule has 0 saturated heterocycles. The molecule has 0 aliphatic carbocycles. The average molecular weight is 658 g/mol. The van der Waals surface area contributed by atoms with Gasteiger partial charge < -0.3 is 8.82 Å². The van der Waals surface area contributed by atoms with Crippen molar-refractivity contribution >= 4 is 83.1 Å². The highest BCUT2D eigenvalue weighted by molar-refractivity contribution is 6.30. The van der Waals surface area contributed by atoms with Crippen LogP contribution in [0.4, 0.5) is 0 Å². The minimum absolute atomic E-state index is 0.535. The first-order chi connectivity index (χ1) is 25.2. The number of fused-ring (bicyclic) bond motifs is 11. The number of para-hydroxylation sites is 3. The molecule has 6 nitrogen and oxygen atoms in total. The summed E-state index contributed by atoms with van der Waals surface area (Å²) < 4.78 is 10.4. The average Bonchev–Trinajstić information content (AvgIpc) is 3.94. The normalized spacial score (nSPS) is 12.7. The Bertz CT molecular complexity index is 3010. The molecule has 4 aromatic heterocycles. The molecule has 0 aliphatic heterocycles. The predicted octanol–water partition coefficient (Wildman–Crippen LogP) is 11.2. The molecule has 242 valence electrons. The number of benzene rings is 6. The van der Waals surface area contributed by atoms with Crippen molar-refractivity contribution in [3.05, 3.63) is 158 Å². The first-order valence-electron chi connectivity index (χ1n) is 17.2. The van der Waals surface area contributed by atoms with E-state index in [1.807, 2.05) is 42.7 Å². The van der Waals surface area contributed by atoms with E-state index in [1.54, 1.807) is 6.39 Å². The highest BCUT2D eigenvalue weighted by atomic mass is 16.3. The molecule has 10 aromatic rings. The number of oxazole rings is 1. The number of aromatic nitrogens is 3. The summed E-state index contributed by atoms with van der Waals surface area (Å²) in [5.41, 5.74) is 10.7. The molecule has 0 spiro atoms. The molecule has 6 aromatic carbocycles. The van der Waals surface area contributed by atoms with Crippen molar-refractivity contribution < 1.29 is 4.42 Å². The quantitative estimate of drug-likeness (QED) is 0.105. The highest BCUT2D eigenvalue weighted by Gasteiger charge is 2.22. The van der Waals surface area contributed by atoms with Gasteiger partial charge >= 0.3 is 0 Å². The summed E-state index contributed by atoms with van der Waals surface area (Å²) in [6.45, 7) is 0.571. The van der Waals surface area contributed by atoms with Crippen LogP contribution in [0.15, 0.2) is 161 Å². The van der Waals surface area contributed by atoms with Gasteiger partial charge in [-0.3, -0.25) is 15.0 Å². The molecule has 0 aliphatic rings. The molecule has 0 radical (unpaired) electrons. The number of nitrogens with one attached hydrogen (secondary N) is 1. The van der Waals surface area contributed by atoms with E-state index < -0.39 is 0 Å². The van der Waals surface area contributed by atoms with Gasteiger partial charge in [0, 0.05) is 39.6 Å². The second-order valence-electron chi connectivity index (χ2n) is 12.9. The van der Waals surface area contributed by atoms with Crippen molar-refractivity contribution in [1.29, 1.82) is 5.41 Å². The van der Waals surface area contributed by atoms with E-state index >= 15 is 0 Å². The van der Waals surface area contributed by atoms with Crippen LogP contribution in [0, 0.1) is 5.41 Å². The summed E-state index contributed by atoms with van der Waals surface area (Å²) >= 11 is 0. The van der Waals surface area contributed by atoms with Gasteiger partial charge in [-0.05, 0) is 59.2 Å². The second-order valence-corrected chi connectivity index (χ2v) is 12.9. The standard InChI is InChI=1S/C45H31N5O/c46-42(49-38-17-7-4-14-32(38)33-15-5-8-18-39(33)49)20-3-1-2-10-23-47-27-29-12-11-13-30(24-29)31-21-22-41-36(25-31)43-44-35(26-37-45(43)51-28-48-37)34-16-6-9-19-40(34)50(41)44/h1-19,21-22,24-28,46H,20,23H2/b3-1-,10-2-,46-42?,47-27?. The van der Waals surface area contributed by atoms with Gasteiger partial charge in [0.2, 0.25) is 0 Å². The van der Waals surface area contributed by atoms with Gasteiger partial charge in [0.05, 0.1) is 39.5 Å². The zero-order chi connectivity index (χ0) is 33.9. The topological polar surface area (TPSA) is 71.6 Å². The SMILES string of the molecule is N=C(C/C=C\C=C/CN=Cc1cccc(-c2ccc3c(c2)c2c4ocnc4cc4c5ccccc5n3c42)c1)n1c2ccccc2c2ccccc21. The van der Waals surface area contributed by atoms with E-state index in [2.05, 4.69) is 128 Å². The molecule has 0 bridgehead atoms. The number of hydrogen-bond acceptors (Lipinski definition) is 4. The first kappa shape index (κ1) is 29.2. The fourth-order valence-corrected chi connectivity index (χ4v) is 7.78. The van der Waals surface area contributed by atoms with Gasteiger partial charge in [0.1, 0.15) is 11.4 Å². The lowest BCUT2D eigenvalue weighted by Gasteiger charge is -2.06. The fraction of sp³-hybridized carbons (Fsp3) is 0.0444. The molecule has 0 fully saturated rings. The largest absolute Gasteiger partial charge is 0.443 e. The van der Waals surface area contributed by atoms with Crippen molar-refractivity contribution in [3.63, 3.8) is 0 Å². The van der Waals surface area contributed by atoms with Crippen LogP contribution in [0.5, 0.6) is 0 Å². The Morgan fingerprint density at radius 3 is 2.16 bits per heavy atom. The Morgan fingerprint density at radius 2 is 1.35 bits per heavy atom. The summed E-state index contributed by atoms with van der Waals surface area (Å²) in [5.74, 6) is 0.546. The van der Waals surface area contributed by atoms with Crippen LogP contribution in [-0.2, 0) is 0 Å². The van der Waals surface area contributed by atoms with Crippen molar-refractivity contribution in [1.82, 2.24) is 14.0 Å². The molecule has 6 heteroatoms. The van der Waals surface area contributed by atoms with Gasteiger partial charge in [-0.15, -0.1) is 0 Å². The fourth-order valence-electron chi connectivity index (χ4n) is 7.78. The zero-order valence-electron chi connectivity index (χ0n) is 27.6. The number of aliphatic imine (C=N–C) groups is 1. The van der Waals surface area contributed by atoms with E-state index in [0.717, 1.165) is 55.1 Å². The summed E-state index contributed by atoms with van der Waals surface area (Å²) in [7, 11) is 0. The molecular formula is C45H31N5O. The number of allylic oxidation sites excluding steroid dienone is 3. The van der Waals surface area contributed by atoms with E-state index in [9.17, 15) is 0 Å². The minimum atomic E-state index is 0.535. The Morgan fingerprint density at radius 1 is 0.667 bits per heavy atom. The maximum atomic E-state index is 8.83. The van der Waals surface area contributed by atoms with Crippen molar-refractivity contribution in [2.45, 2.75) is 6.42 Å². The summed E-state index contributed by atoms with van der Waals surface area (Å²) in [5, 5.41) is 15.9. The van der Waals surface area contributed by atoms with Gasteiger partial charge in [0.25, 0.3) is 0 Å². The number of nitrogens with zero attached hydrogens (tertiary/aromatic N) is 4. The monoisotopic (exact) mass is 657 g/mol. The van der Waals surface area contributed by atoms with Gasteiger partial charge in [-0.2, -0.15) is 0 Å². The second kappa shape index (κ2) is 11.7. The van der Waals surface area contributed by atoms with Crippen LogP contribution in [-0.4, -0.2) is 32.5 Å². The van der Waals surface area contributed by atoms with E-state index in [1.165, 1.54) is 32.6 Å². The predicted molar refractivity (Wildman–Crippen MR) is 212 cm³/mol. The van der Waals surface area contributed by atoms with Crippen LogP contribution >= 0.6 is 0 Å². The number of rotatable bonds is 7. The van der Waals surface area contributed by atoms with Crippen molar-refractivity contribution in [2.24, 2.45) is 4.99 Å². The highest BCUT2D eigenvalue weighted by Crippen LogP contribution is 2.43. The third-order valence-electron chi connectivity index (χ3n) is 9.98. The smallest absolute Gasteiger partial charge is 0.182 e. The van der Waals surface area contributed by atoms with Crippen LogP contribution < -0.4 is 0 Å². The molecule has 51 heavy (non-hydrogen) atoms. The Hall–Kier alpha value is -6.79. The van der Waals surface area contributed by atoms with E-state index in [4.69, 9.17) is 9.83 Å². The van der Waals surface area contributed by atoms with Crippen LogP contribution in [0.3, 0.4) is 0 Å². The van der Waals surface area contributed by atoms with E-state index in [0.29, 0.717) is 18.8 Å². The summed E-state index contributed by atoms with van der Waals surface area (Å²) in [6.07, 6.45) is 12.1.